The van der Waals surface area contributed by atoms with E-state index in [9.17, 15) is 0 Å². The van der Waals surface area contributed by atoms with E-state index >= 15 is 0 Å². The molecular formula is C9H14N2OS. The van der Waals surface area contributed by atoms with Crippen LogP contribution in [-0.2, 0) is 0 Å². The van der Waals surface area contributed by atoms with Crippen LogP contribution in [0.1, 0.15) is 18.9 Å². The molecule has 0 aliphatic carbocycles. The summed E-state index contributed by atoms with van der Waals surface area (Å²) >= 11 is 1.59. The van der Waals surface area contributed by atoms with Crippen molar-refractivity contribution in [2.45, 2.75) is 30.7 Å². The minimum Gasteiger partial charge on any atom is -0.396 e. The Morgan fingerprint density at radius 3 is 2.62 bits per heavy atom. The van der Waals surface area contributed by atoms with Crippen LogP contribution < -0.4 is 0 Å². The zero-order valence-electron chi connectivity index (χ0n) is 7.90. The highest BCUT2D eigenvalue weighted by Crippen LogP contribution is 2.20. The monoisotopic (exact) mass is 198 g/mol. The number of aliphatic hydroxyl groups excluding tert-OH is 1. The highest BCUT2D eigenvalue weighted by Gasteiger charge is 2.05. The zero-order chi connectivity index (χ0) is 9.68. The quantitative estimate of drug-likeness (QED) is 0.590. The van der Waals surface area contributed by atoms with Gasteiger partial charge in [-0.3, -0.25) is 0 Å². The summed E-state index contributed by atoms with van der Waals surface area (Å²) in [6, 6.07) is 0. The van der Waals surface area contributed by atoms with Gasteiger partial charge in [0.25, 0.3) is 0 Å². The van der Waals surface area contributed by atoms with Crippen molar-refractivity contribution in [3.05, 3.63) is 18.0 Å². The molecule has 0 aliphatic rings. The van der Waals surface area contributed by atoms with Crippen LogP contribution in [0.3, 0.4) is 0 Å². The molecule has 1 aromatic rings. The molecule has 72 valence electrons. The molecule has 1 N–H and O–H groups in total. The lowest BCUT2D eigenvalue weighted by molar-refractivity contribution is 0.289. The molecule has 0 saturated carbocycles. The number of rotatable bonds is 4. The van der Waals surface area contributed by atoms with E-state index in [0.29, 0.717) is 5.25 Å². The van der Waals surface area contributed by atoms with Crippen molar-refractivity contribution in [2.24, 2.45) is 0 Å². The van der Waals surface area contributed by atoms with Gasteiger partial charge in [-0.05, 0) is 18.9 Å². The summed E-state index contributed by atoms with van der Waals surface area (Å²) in [5.41, 5.74) is 1.07. The number of aryl methyl sites for hydroxylation is 1. The van der Waals surface area contributed by atoms with Gasteiger partial charge in [-0.1, -0.05) is 18.7 Å². The standard InChI is InChI=1S/C9H14N2OS/c1-7-5-10-9(11-6-7)13-8(2)3-4-12/h5-6,8,12H,3-4H2,1-2H3. The SMILES string of the molecule is Cc1cnc(SC(C)CCO)nc1. The maximum Gasteiger partial charge on any atom is 0.187 e. The lowest BCUT2D eigenvalue weighted by Gasteiger charge is -2.06. The Bertz CT molecular complexity index is 250. The summed E-state index contributed by atoms with van der Waals surface area (Å²) in [7, 11) is 0. The largest absolute Gasteiger partial charge is 0.396 e. The first-order valence-electron chi connectivity index (χ1n) is 4.28. The van der Waals surface area contributed by atoms with E-state index in [2.05, 4.69) is 16.9 Å². The smallest absolute Gasteiger partial charge is 0.187 e. The fourth-order valence-electron chi connectivity index (χ4n) is 0.862. The summed E-state index contributed by atoms with van der Waals surface area (Å²) in [6.45, 7) is 4.25. The second-order valence-corrected chi connectivity index (χ2v) is 4.39. The van der Waals surface area contributed by atoms with Gasteiger partial charge in [0.2, 0.25) is 0 Å². The molecule has 1 atom stereocenters. The van der Waals surface area contributed by atoms with Crippen molar-refractivity contribution < 1.29 is 5.11 Å². The van der Waals surface area contributed by atoms with Crippen LogP contribution in [-0.4, -0.2) is 26.9 Å². The molecule has 0 saturated heterocycles. The van der Waals surface area contributed by atoms with E-state index in [1.54, 1.807) is 24.2 Å². The number of thioether (sulfide) groups is 1. The van der Waals surface area contributed by atoms with Gasteiger partial charge in [0.1, 0.15) is 0 Å². The Morgan fingerprint density at radius 2 is 2.08 bits per heavy atom. The predicted molar refractivity (Wildman–Crippen MR) is 53.8 cm³/mol. The van der Waals surface area contributed by atoms with E-state index in [1.165, 1.54) is 0 Å². The third kappa shape index (κ3) is 3.74. The Balaban J connectivity index is 2.49. The molecule has 0 spiro atoms. The van der Waals surface area contributed by atoms with Crippen molar-refractivity contribution in [3.8, 4) is 0 Å². The fourth-order valence-corrected chi connectivity index (χ4v) is 1.67. The van der Waals surface area contributed by atoms with Gasteiger partial charge in [0, 0.05) is 24.3 Å². The summed E-state index contributed by atoms with van der Waals surface area (Å²) in [4.78, 5) is 8.34. The van der Waals surface area contributed by atoms with Crippen LogP contribution in [0.15, 0.2) is 17.6 Å². The minimum atomic E-state index is 0.222. The topological polar surface area (TPSA) is 46.0 Å². The summed E-state index contributed by atoms with van der Waals surface area (Å²) in [6.07, 6.45) is 4.39. The van der Waals surface area contributed by atoms with Crippen LogP contribution in [0.25, 0.3) is 0 Å². The lowest BCUT2D eigenvalue weighted by Crippen LogP contribution is -2.00. The normalized spacial score (nSPS) is 12.8. The van der Waals surface area contributed by atoms with Crippen molar-refractivity contribution >= 4 is 11.8 Å². The van der Waals surface area contributed by atoms with E-state index < -0.39 is 0 Å². The second-order valence-electron chi connectivity index (χ2n) is 2.98. The molecule has 0 fully saturated rings. The lowest BCUT2D eigenvalue weighted by atomic mass is 10.3. The van der Waals surface area contributed by atoms with Crippen molar-refractivity contribution in [3.63, 3.8) is 0 Å². The molecule has 4 heteroatoms. The first kappa shape index (κ1) is 10.5. The molecule has 0 bridgehead atoms. The first-order chi connectivity index (χ1) is 6.22. The molecule has 0 radical (unpaired) electrons. The van der Waals surface area contributed by atoms with Gasteiger partial charge >= 0.3 is 0 Å². The molecule has 0 amide bonds. The molecular weight excluding hydrogens is 184 g/mol. The van der Waals surface area contributed by atoms with Gasteiger partial charge in [0.15, 0.2) is 5.16 Å². The maximum absolute atomic E-state index is 8.70. The maximum atomic E-state index is 8.70. The predicted octanol–water partition coefficient (Wildman–Crippen LogP) is 1.65. The fraction of sp³-hybridized carbons (Fsp3) is 0.556. The molecule has 3 nitrogen and oxygen atoms in total. The van der Waals surface area contributed by atoms with Crippen LogP contribution in [0.2, 0.25) is 0 Å². The molecule has 0 aliphatic heterocycles. The van der Waals surface area contributed by atoms with Gasteiger partial charge in [-0.15, -0.1) is 0 Å². The Kier molecular flexibility index (Phi) is 4.18. The Morgan fingerprint density at radius 1 is 1.46 bits per heavy atom. The molecule has 1 unspecified atom stereocenters. The molecule has 1 heterocycles. The number of nitrogens with zero attached hydrogens (tertiary/aromatic N) is 2. The average Bonchev–Trinajstić information content (AvgIpc) is 2.09. The van der Waals surface area contributed by atoms with Crippen molar-refractivity contribution in [1.29, 1.82) is 0 Å². The highest BCUT2D eigenvalue weighted by atomic mass is 32.2. The van der Waals surface area contributed by atoms with Crippen LogP contribution in [0.5, 0.6) is 0 Å². The summed E-state index contributed by atoms with van der Waals surface area (Å²) < 4.78 is 0. The van der Waals surface area contributed by atoms with Crippen molar-refractivity contribution in [1.82, 2.24) is 9.97 Å². The van der Waals surface area contributed by atoms with E-state index in [-0.39, 0.29) is 6.61 Å². The molecule has 1 aromatic heterocycles. The number of hydrogen-bond donors (Lipinski definition) is 1. The number of aromatic nitrogens is 2. The van der Waals surface area contributed by atoms with Crippen LogP contribution in [0, 0.1) is 6.92 Å². The Hall–Kier alpha value is -0.610. The number of hydrogen-bond acceptors (Lipinski definition) is 4. The van der Waals surface area contributed by atoms with Crippen LogP contribution in [0.4, 0.5) is 0 Å². The number of aliphatic hydroxyl groups is 1. The average molecular weight is 198 g/mol. The van der Waals surface area contributed by atoms with E-state index in [1.807, 2.05) is 6.92 Å². The summed E-state index contributed by atoms with van der Waals surface area (Å²) in [5.74, 6) is 0. The molecule has 0 aromatic carbocycles. The van der Waals surface area contributed by atoms with E-state index in [4.69, 9.17) is 5.11 Å². The second kappa shape index (κ2) is 5.19. The summed E-state index contributed by atoms with van der Waals surface area (Å²) in [5, 5.41) is 9.86. The van der Waals surface area contributed by atoms with Gasteiger partial charge < -0.3 is 5.11 Å². The molecule has 1 rings (SSSR count). The minimum absolute atomic E-state index is 0.222. The van der Waals surface area contributed by atoms with E-state index in [0.717, 1.165) is 17.1 Å². The Labute approximate surface area is 82.6 Å². The first-order valence-corrected chi connectivity index (χ1v) is 5.16. The highest BCUT2D eigenvalue weighted by molar-refractivity contribution is 7.99. The van der Waals surface area contributed by atoms with Gasteiger partial charge in [-0.2, -0.15) is 0 Å². The molecule has 13 heavy (non-hydrogen) atoms. The van der Waals surface area contributed by atoms with Gasteiger partial charge in [-0.25, -0.2) is 9.97 Å². The third-order valence-corrected chi connectivity index (χ3v) is 2.66. The van der Waals surface area contributed by atoms with Crippen LogP contribution >= 0.6 is 11.8 Å². The third-order valence-electron chi connectivity index (χ3n) is 1.60. The zero-order valence-corrected chi connectivity index (χ0v) is 8.71. The van der Waals surface area contributed by atoms with Crippen molar-refractivity contribution in [2.75, 3.05) is 6.61 Å². The van der Waals surface area contributed by atoms with Gasteiger partial charge in [0.05, 0.1) is 0 Å².